The molecule has 146 valence electrons. The topological polar surface area (TPSA) is 64.0 Å². The minimum atomic E-state index is -0.0814. The molecule has 4 rings (SSSR count). The molecule has 5 nitrogen and oxygen atoms in total. The van der Waals surface area contributed by atoms with Crippen molar-refractivity contribution in [3.8, 4) is 0 Å². The largest absolute Gasteiger partial charge is 0.352 e. The minimum Gasteiger partial charge on any atom is -0.352 e. The van der Waals surface area contributed by atoms with Crippen molar-refractivity contribution in [2.45, 2.75) is 78.3 Å². The van der Waals surface area contributed by atoms with Crippen LogP contribution in [0.5, 0.6) is 0 Å². The molecule has 1 unspecified atom stereocenters. The normalized spacial score (nSPS) is 20.8. The Kier molecular flexibility index (Phi) is 4.87. The van der Waals surface area contributed by atoms with Gasteiger partial charge in [-0.05, 0) is 49.0 Å². The average molecular weight is 388 g/mol. The Morgan fingerprint density at radius 3 is 2.74 bits per heavy atom. The lowest BCUT2D eigenvalue weighted by Gasteiger charge is -2.33. The first-order chi connectivity index (χ1) is 12.8. The van der Waals surface area contributed by atoms with Gasteiger partial charge in [0.25, 0.3) is 5.56 Å². The van der Waals surface area contributed by atoms with Gasteiger partial charge in [-0.2, -0.15) is 0 Å². The molecular weight excluding hydrogens is 358 g/mol. The van der Waals surface area contributed by atoms with Crippen LogP contribution < -0.4 is 10.9 Å². The summed E-state index contributed by atoms with van der Waals surface area (Å²) in [6.45, 7) is 6.95. The van der Waals surface area contributed by atoms with E-state index < -0.39 is 0 Å². The molecule has 1 saturated carbocycles. The summed E-state index contributed by atoms with van der Waals surface area (Å²) in [6, 6.07) is 0.271. The van der Waals surface area contributed by atoms with Gasteiger partial charge in [-0.15, -0.1) is 11.3 Å². The zero-order valence-corrected chi connectivity index (χ0v) is 17.3. The quantitative estimate of drug-likeness (QED) is 0.874. The smallest absolute Gasteiger partial charge is 0.262 e. The van der Waals surface area contributed by atoms with Crippen molar-refractivity contribution in [3.63, 3.8) is 0 Å². The van der Waals surface area contributed by atoms with E-state index in [1.165, 1.54) is 27.8 Å². The van der Waals surface area contributed by atoms with Crippen LogP contribution in [0, 0.1) is 11.3 Å². The maximum Gasteiger partial charge on any atom is 0.262 e. The fourth-order valence-electron chi connectivity index (χ4n) is 4.55. The maximum atomic E-state index is 13.1. The highest BCUT2D eigenvalue weighted by molar-refractivity contribution is 7.18. The number of amides is 1. The van der Waals surface area contributed by atoms with Crippen molar-refractivity contribution in [2.75, 3.05) is 0 Å². The molecule has 2 aromatic rings. The van der Waals surface area contributed by atoms with Gasteiger partial charge in [-0.1, -0.05) is 33.6 Å². The summed E-state index contributed by atoms with van der Waals surface area (Å²) in [5, 5.41) is 3.81. The molecule has 1 N–H and O–H groups in total. The van der Waals surface area contributed by atoms with E-state index in [-0.39, 0.29) is 29.5 Å². The number of rotatable bonds is 3. The lowest BCUT2D eigenvalue weighted by Crippen LogP contribution is -2.37. The van der Waals surface area contributed by atoms with Gasteiger partial charge >= 0.3 is 0 Å². The monoisotopic (exact) mass is 387 g/mol. The Balaban J connectivity index is 1.59. The zero-order valence-electron chi connectivity index (χ0n) is 16.5. The van der Waals surface area contributed by atoms with Crippen molar-refractivity contribution in [1.82, 2.24) is 14.9 Å². The Morgan fingerprint density at radius 2 is 2.04 bits per heavy atom. The molecule has 2 heterocycles. The molecule has 0 saturated heterocycles. The molecule has 1 amide bonds. The van der Waals surface area contributed by atoms with Crippen molar-refractivity contribution in [3.05, 3.63) is 27.1 Å². The van der Waals surface area contributed by atoms with Crippen LogP contribution in [-0.2, 0) is 24.2 Å². The number of hydrogen-bond donors (Lipinski definition) is 1. The molecule has 2 aliphatic rings. The number of carbonyl (C=O) groups is 1. The fraction of sp³-hybridized carbons (Fsp3) is 0.667. The second-order valence-corrected chi connectivity index (χ2v) is 10.3. The van der Waals surface area contributed by atoms with Crippen LogP contribution in [0.3, 0.4) is 0 Å². The van der Waals surface area contributed by atoms with Crippen molar-refractivity contribution < 1.29 is 4.79 Å². The van der Waals surface area contributed by atoms with E-state index in [0.717, 1.165) is 42.3 Å². The number of nitrogens with zero attached hydrogens (tertiary/aromatic N) is 2. The van der Waals surface area contributed by atoms with Crippen LogP contribution >= 0.6 is 11.3 Å². The number of aromatic nitrogens is 2. The zero-order chi connectivity index (χ0) is 19.2. The van der Waals surface area contributed by atoms with E-state index in [1.807, 2.05) is 0 Å². The molecule has 27 heavy (non-hydrogen) atoms. The summed E-state index contributed by atoms with van der Waals surface area (Å²) >= 11 is 1.66. The van der Waals surface area contributed by atoms with Gasteiger partial charge in [0.15, 0.2) is 0 Å². The summed E-state index contributed by atoms with van der Waals surface area (Å²) in [6.07, 6.45) is 9.06. The SMILES string of the molecule is CC(C)(C)C1CCc2c(sc3ncn(CC(=O)NC4CCCC4)c(=O)c23)C1. The summed E-state index contributed by atoms with van der Waals surface area (Å²) in [4.78, 5) is 32.1. The minimum absolute atomic E-state index is 0.0618. The predicted molar refractivity (Wildman–Crippen MR) is 109 cm³/mol. The molecule has 0 bridgehead atoms. The van der Waals surface area contributed by atoms with Crippen LogP contribution in [0.1, 0.15) is 63.3 Å². The van der Waals surface area contributed by atoms with Crippen molar-refractivity contribution in [2.24, 2.45) is 11.3 Å². The van der Waals surface area contributed by atoms with Gasteiger partial charge < -0.3 is 5.32 Å². The van der Waals surface area contributed by atoms with E-state index in [9.17, 15) is 9.59 Å². The second-order valence-electron chi connectivity index (χ2n) is 9.22. The number of hydrogen-bond acceptors (Lipinski definition) is 4. The number of nitrogens with one attached hydrogen (secondary N) is 1. The van der Waals surface area contributed by atoms with Gasteiger partial charge in [0.1, 0.15) is 11.4 Å². The summed E-state index contributed by atoms with van der Waals surface area (Å²) < 4.78 is 1.48. The van der Waals surface area contributed by atoms with E-state index >= 15 is 0 Å². The Hall–Kier alpha value is -1.69. The lowest BCUT2D eigenvalue weighted by atomic mass is 9.72. The highest BCUT2D eigenvalue weighted by Crippen LogP contribution is 2.41. The summed E-state index contributed by atoms with van der Waals surface area (Å²) in [5.41, 5.74) is 1.40. The van der Waals surface area contributed by atoms with Gasteiger partial charge in [-0.25, -0.2) is 4.98 Å². The number of fused-ring (bicyclic) bond motifs is 3. The average Bonchev–Trinajstić information content (AvgIpc) is 3.23. The summed E-state index contributed by atoms with van der Waals surface area (Å²) in [5.74, 6) is 0.555. The van der Waals surface area contributed by atoms with E-state index in [4.69, 9.17) is 0 Å². The van der Waals surface area contributed by atoms with Gasteiger partial charge in [-0.3, -0.25) is 14.2 Å². The number of aryl methyl sites for hydroxylation is 1. The molecule has 6 heteroatoms. The molecule has 0 aliphatic heterocycles. The van der Waals surface area contributed by atoms with Gasteiger partial charge in [0, 0.05) is 10.9 Å². The van der Waals surface area contributed by atoms with Gasteiger partial charge in [0.2, 0.25) is 5.91 Å². The highest BCUT2D eigenvalue weighted by Gasteiger charge is 2.31. The maximum absolute atomic E-state index is 13.1. The molecule has 0 spiro atoms. The third-order valence-electron chi connectivity index (χ3n) is 6.29. The molecular formula is C21H29N3O2S. The van der Waals surface area contributed by atoms with Crippen LogP contribution in [0.15, 0.2) is 11.1 Å². The second kappa shape index (κ2) is 7.04. The van der Waals surface area contributed by atoms with Crippen LogP contribution in [0.2, 0.25) is 0 Å². The molecule has 2 aromatic heterocycles. The fourth-order valence-corrected chi connectivity index (χ4v) is 5.81. The standard InChI is InChI=1S/C21H29N3O2S/c1-21(2,3)13-8-9-15-16(10-13)27-19-18(15)20(26)24(12-22-19)11-17(25)23-14-6-4-5-7-14/h12-14H,4-11H2,1-3H3,(H,23,25). The molecule has 0 radical (unpaired) electrons. The molecule has 1 fully saturated rings. The first-order valence-corrected chi connectivity index (χ1v) is 10.9. The van der Waals surface area contributed by atoms with E-state index in [1.54, 1.807) is 17.7 Å². The Morgan fingerprint density at radius 1 is 1.30 bits per heavy atom. The lowest BCUT2D eigenvalue weighted by molar-refractivity contribution is -0.122. The molecule has 2 aliphatic carbocycles. The number of carbonyl (C=O) groups excluding carboxylic acids is 1. The highest BCUT2D eigenvalue weighted by atomic mass is 32.1. The number of thiophene rings is 1. The van der Waals surface area contributed by atoms with Crippen LogP contribution in [0.25, 0.3) is 10.2 Å². The molecule has 0 aromatic carbocycles. The van der Waals surface area contributed by atoms with Crippen LogP contribution in [0.4, 0.5) is 0 Å². The van der Waals surface area contributed by atoms with E-state index in [0.29, 0.717) is 5.92 Å². The third kappa shape index (κ3) is 3.68. The van der Waals surface area contributed by atoms with Gasteiger partial charge in [0.05, 0.1) is 11.7 Å². The third-order valence-corrected chi connectivity index (χ3v) is 7.46. The van der Waals surface area contributed by atoms with Crippen LogP contribution in [-0.4, -0.2) is 21.5 Å². The molecule has 1 atom stereocenters. The first kappa shape index (κ1) is 18.7. The Bertz CT molecular complexity index is 916. The first-order valence-electron chi connectivity index (χ1n) is 10.1. The van der Waals surface area contributed by atoms with E-state index in [2.05, 4.69) is 31.1 Å². The Labute approximate surface area is 164 Å². The summed E-state index contributed by atoms with van der Waals surface area (Å²) in [7, 11) is 0. The van der Waals surface area contributed by atoms with Crippen molar-refractivity contribution >= 4 is 27.5 Å². The predicted octanol–water partition coefficient (Wildman–Crippen LogP) is 3.67. The van der Waals surface area contributed by atoms with Crippen molar-refractivity contribution in [1.29, 1.82) is 0 Å².